The molecule has 4 heteroatoms. The first-order valence-electron chi connectivity index (χ1n) is 7.31. The summed E-state index contributed by atoms with van der Waals surface area (Å²) in [6, 6.07) is 20.7. The van der Waals surface area contributed by atoms with Gasteiger partial charge < -0.3 is 10.1 Å². The molecule has 3 aromatic rings. The van der Waals surface area contributed by atoms with Gasteiger partial charge in [0.2, 0.25) is 0 Å². The van der Waals surface area contributed by atoms with Crippen molar-refractivity contribution in [2.24, 2.45) is 0 Å². The Labute approximate surface area is 139 Å². The number of anilines is 1. The van der Waals surface area contributed by atoms with Crippen molar-refractivity contribution in [2.45, 2.75) is 6.04 Å². The predicted octanol–water partition coefficient (Wildman–Crippen LogP) is 4.79. The molecular formula is C19H17NO2S. The summed E-state index contributed by atoms with van der Waals surface area (Å²) in [4.78, 5) is 13.6. The summed E-state index contributed by atoms with van der Waals surface area (Å²) in [5, 5.41) is 5.25. The highest BCUT2D eigenvalue weighted by molar-refractivity contribution is 7.12. The summed E-state index contributed by atoms with van der Waals surface area (Å²) in [5.74, 6) is 0.838. The fourth-order valence-corrected chi connectivity index (χ4v) is 3.05. The molecule has 0 bridgehead atoms. The molecule has 0 fully saturated rings. The molecule has 0 saturated carbocycles. The molecule has 0 spiro atoms. The lowest BCUT2D eigenvalue weighted by atomic mass is 10.0. The quantitative estimate of drug-likeness (QED) is 0.663. The maximum Gasteiger partial charge on any atom is 0.199 e. The van der Waals surface area contributed by atoms with Crippen LogP contribution < -0.4 is 10.1 Å². The van der Waals surface area contributed by atoms with Gasteiger partial charge in [0.1, 0.15) is 11.8 Å². The number of methoxy groups -OCH3 is 1. The van der Waals surface area contributed by atoms with E-state index in [1.54, 1.807) is 7.11 Å². The van der Waals surface area contributed by atoms with Gasteiger partial charge in [-0.2, -0.15) is 0 Å². The van der Waals surface area contributed by atoms with Gasteiger partial charge in [0, 0.05) is 5.69 Å². The summed E-state index contributed by atoms with van der Waals surface area (Å²) in [6.07, 6.45) is 0. The van der Waals surface area contributed by atoms with Crippen molar-refractivity contribution in [3.63, 3.8) is 0 Å². The largest absolute Gasteiger partial charge is 0.497 e. The number of hydrogen-bond acceptors (Lipinski definition) is 4. The van der Waals surface area contributed by atoms with E-state index in [1.807, 2.05) is 72.1 Å². The van der Waals surface area contributed by atoms with E-state index in [2.05, 4.69) is 5.32 Å². The van der Waals surface area contributed by atoms with Crippen molar-refractivity contribution in [3.8, 4) is 5.75 Å². The van der Waals surface area contributed by atoms with Gasteiger partial charge >= 0.3 is 0 Å². The highest BCUT2D eigenvalue weighted by Crippen LogP contribution is 2.27. The second-order valence-electron chi connectivity index (χ2n) is 5.06. The van der Waals surface area contributed by atoms with Crippen LogP contribution in [0, 0.1) is 0 Å². The number of hydrogen-bond donors (Lipinski definition) is 1. The molecule has 0 aliphatic rings. The van der Waals surface area contributed by atoms with E-state index >= 15 is 0 Å². The molecule has 1 heterocycles. The zero-order valence-electron chi connectivity index (χ0n) is 12.7. The minimum atomic E-state index is -0.429. The normalized spacial score (nSPS) is 11.7. The second-order valence-corrected chi connectivity index (χ2v) is 6.01. The number of para-hydroxylation sites is 1. The minimum absolute atomic E-state index is 0.0639. The number of ether oxygens (including phenoxy) is 1. The van der Waals surface area contributed by atoms with E-state index in [0.29, 0.717) is 0 Å². The van der Waals surface area contributed by atoms with E-state index in [-0.39, 0.29) is 5.78 Å². The van der Waals surface area contributed by atoms with Crippen LogP contribution in [-0.4, -0.2) is 12.9 Å². The smallest absolute Gasteiger partial charge is 0.199 e. The summed E-state index contributed by atoms with van der Waals surface area (Å²) in [7, 11) is 1.63. The Morgan fingerprint density at radius 1 is 1.00 bits per heavy atom. The van der Waals surface area contributed by atoms with E-state index in [9.17, 15) is 4.79 Å². The van der Waals surface area contributed by atoms with Gasteiger partial charge in [-0.15, -0.1) is 11.3 Å². The summed E-state index contributed by atoms with van der Waals surface area (Å²) in [6.45, 7) is 0. The third-order valence-corrected chi connectivity index (χ3v) is 4.44. The average Bonchev–Trinajstić information content (AvgIpc) is 3.15. The van der Waals surface area contributed by atoms with Gasteiger partial charge in [0.05, 0.1) is 12.0 Å². The Balaban J connectivity index is 1.93. The van der Waals surface area contributed by atoms with Crippen molar-refractivity contribution < 1.29 is 9.53 Å². The standard InChI is InChI=1S/C19H17NO2S/c1-22-16-11-9-14(10-12-16)18(19(21)17-8-5-13-23-17)20-15-6-3-2-4-7-15/h2-13,18,20H,1H3. The molecule has 1 atom stereocenters. The van der Waals surface area contributed by atoms with Crippen molar-refractivity contribution in [2.75, 3.05) is 12.4 Å². The second kappa shape index (κ2) is 7.11. The lowest BCUT2D eigenvalue weighted by Crippen LogP contribution is -2.20. The van der Waals surface area contributed by atoms with Gasteiger partial charge in [-0.1, -0.05) is 36.4 Å². The lowest BCUT2D eigenvalue weighted by molar-refractivity contribution is 0.0973. The Kier molecular flexibility index (Phi) is 4.74. The van der Waals surface area contributed by atoms with Crippen molar-refractivity contribution >= 4 is 22.8 Å². The van der Waals surface area contributed by atoms with Crippen LogP contribution in [0.15, 0.2) is 72.1 Å². The highest BCUT2D eigenvalue weighted by Gasteiger charge is 2.22. The summed E-state index contributed by atoms with van der Waals surface area (Å²) < 4.78 is 5.20. The Bertz CT molecular complexity index is 752. The van der Waals surface area contributed by atoms with Crippen LogP contribution in [-0.2, 0) is 0 Å². The molecule has 3 rings (SSSR count). The number of ketones is 1. The fraction of sp³-hybridized carbons (Fsp3) is 0.105. The van der Waals surface area contributed by atoms with E-state index in [1.165, 1.54) is 11.3 Å². The minimum Gasteiger partial charge on any atom is -0.497 e. The van der Waals surface area contributed by atoms with Gasteiger partial charge in [0.25, 0.3) is 0 Å². The summed E-state index contributed by atoms with van der Waals surface area (Å²) in [5.41, 5.74) is 1.83. The molecule has 0 aliphatic heterocycles. The molecule has 0 amide bonds. The first-order valence-corrected chi connectivity index (χ1v) is 8.19. The number of carbonyl (C=O) groups is 1. The van der Waals surface area contributed by atoms with Gasteiger partial charge in [-0.3, -0.25) is 4.79 Å². The third kappa shape index (κ3) is 3.60. The van der Waals surface area contributed by atoms with Crippen LogP contribution in [0.5, 0.6) is 5.75 Å². The van der Waals surface area contributed by atoms with Crippen LogP contribution in [0.2, 0.25) is 0 Å². The molecule has 1 N–H and O–H groups in total. The topological polar surface area (TPSA) is 38.3 Å². The summed E-state index contributed by atoms with van der Waals surface area (Å²) >= 11 is 1.46. The number of benzene rings is 2. The highest BCUT2D eigenvalue weighted by atomic mass is 32.1. The maximum absolute atomic E-state index is 12.9. The third-order valence-electron chi connectivity index (χ3n) is 3.56. The number of carbonyl (C=O) groups excluding carboxylic acids is 1. The first kappa shape index (κ1) is 15.3. The zero-order valence-corrected chi connectivity index (χ0v) is 13.5. The molecule has 2 aromatic carbocycles. The van der Waals surface area contributed by atoms with Gasteiger partial charge in [0.15, 0.2) is 5.78 Å². The SMILES string of the molecule is COc1ccc(C(Nc2ccccc2)C(=O)c2cccs2)cc1. The van der Waals surface area contributed by atoms with E-state index in [4.69, 9.17) is 4.74 Å². The van der Waals surface area contributed by atoms with Crippen LogP contribution in [0.3, 0.4) is 0 Å². The predicted molar refractivity (Wildman–Crippen MR) is 94.4 cm³/mol. The van der Waals surface area contributed by atoms with Gasteiger partial charge in [-0.05, 0) is 41.3 Å². The monoisotopic (exact) mass is 323 g/mol. The molecule has 3 nitrogen and oxygen atoms in total. The Hall–Kier alpha value is -2.59. The van der Waals surface area contributed by atoms with Crippen LogP contribution >= 0.6 is 11.3 Å². The van der Waals surface area contributed by atoms with Gasteiger partial charge in [-0.25, -0.2) is 0 Å². The number of rotatable bonds is 6. The maximum atomic E-state index is 12.9. The molecule has 1 aromatic heterocycles. The average molecular weight is 323 g/mol. The van der Waals surface area contributed by atoms with E-state index < -0.39 is 6.04 Å². The number of Topliss-reactive ketones (excluding diaryl/α,β-unsaturated/α-hetero) is 1. The molecule has 23 heavy (non-hydrogen) atoms. The fourth-order valence-electron chi connectivity index (χ4n) is 2.36. The molecular weight excluding hydrogens is 306 g/mol. The van der Waals surface area contributed by atoms with Crippen molar-refractivity contribution in [3.05, 3.63) is 82.6 Å². The van der Waals surface area contributed by atoms with Crippen LogP contribution in [0.25, 0.3) is 0 Å². The number of thiophene rings is 1. The Morgan fingerprint density at radius 2 is 1.74 bits per heavy atom. The van der Waals surface area contributed by atoms with Crippen LogP contribution in [0.1, 0.15) is 21.3 Å². The number of nitrogens with one attached hydrogen (secondary N) is 1. The first-order chi connectivity index (χ1) is 11.3. The molecule has 0 saturated heterocycles. The molecule has 0 aliphatic carbocycles. The molecule has 0 radical (unpaired) electrons. The molecule has 116 valence electrons. The van der Waals surface area contributed by atoms with Crippen LogP contribution in [0.4, 0.5) is 5.69 Å². The zero-order chi connectivity index (χ0) is 16.1. The Morgan fingerprint density at radius 3 is 2.35 bits per heavy atom. The van der Waals surface area contributed by atoms with Crippen molar-refractivity contribution in [1.82, 2.24) is 0 Å². The van der Waals surface area contributed by atoms with E-state index in [0.717, 1.165) is 21.9 Å². The molecule has 1 unspecified atom stereocenters. The lowest BCUT2D eigenvalue weighted by Gasteiger charge is -2.19. The van der Waals surface area contributed by atoms with Crippen molar-refractivity contribution in [1.29, 1.82) is 0 Å².